The molecule has 0 saturated carbocycles. The van der Waals surface area contributed by atoms with Crippen molar-refractivity contribution in [1.29, 1.82) is 0 Å². The number of rotatable bonds is 9. The standard InChI is InChI=1S/C15H5F17O4S.K/c16-7(8(17)10(20,21)36-5-1-3-6(4-2-5)37(33,34)35)9(18,19)11(22,23)12(24,25)13(26,27)14(28,29)15(30,31)32;/h1-4H,(H,33,34,35);/q;+1/p-1/b8-7+;. The molecule has 0 unspecified atom stereocenters. The molecular formula is C15H4F17KO4S. The summed E-state index contributed by atoms with van der Waals surface area (Å²) in [4.78, 5) is -1.18. The maximum Gasteiger partial charge on any atom is 1.00 e. The van der Waals surface area contributed by atoms with E-state index in [0.717, 1.165) is 0 Å². The molecule has 1 aromatic rings. The van der Waals surface area contributed by atoms with Gasteiger partial charge in [0.1, 0.15) is 15.9 Å². The average molecular weight is 642 g/mol. The van der Waals surface area contributed by atoms with Crippen LogP contribution in [0.5, 0.6) is 5.75 Å². The Morgan fingerprint density at radius 1 is 0.632 bits per heavy atom. The molecule has 0 aromatic heterocycles. The molecule has 0 aliphatic heterocycles. The van der Waals surface area contributed by atoms with E-state index in [-0.39, 0.29) is 75.7 Å². The Morgan fingerprint density at radius 3 is 1.34 bits per heavy atom. The van der Waals surface area contributed by atoms with Gasteiger partial charge in [-0.1, -0.05) is 0 Å². The number of allylic oxidation sites excluding steroid dienone is 1. The second-order valence-corrected chi connectivity index (χ2v) is 7.92. The maximum atomic E-state index is 13.6. The van der Waals surface area contributed by atoms with Crippen molar-refractivity contribution in [2.24, 2.45) is 0 Å². The first-order chi connectivity index (χ1) is 16.0. The smallest absolute Gasteiger partial charge is 0.744 e. The monoisotopic (exact) mass is 642 g/mol. The maximum absolute atomic E-state index is 13.6. The molecule has 0 aliphatic rings. The molecule has 1 rings (SSSR count). The Hall–Kier alpha value is -0.884. The summed E-state index contributed by atoms with van der Waals surface area (Å²) in [5, 5.41) is 0. The first-order valence-electron chi connectivity index (χ1n) is 8.15. The molecule has 0 heterocycles. The van der Waals surface area contributed by atoms with Crippen molar-refractivity contribution in [2.45, 2.75) is 46.8 Å². The third kappa shape index (κ3) is 6.21. The summed E-state index contributed by atoms with van der Waals surface area (Å²) in [6.07, 6.45) is -14.1. The minimum atomic E-state index is -8.59. The summed E-state index contributed by atoms with van der Waals surface area (Å²) >= 11 is 0. The average Bonchev–Trinajstić information content (AvgIpc) is 2.70. The van der Waals surface area contributed by atoms with Gasteiger partial charge < -0.3 is 9.29 Å². The van der Waals surface area contributed by atoms with Crippen LogP contribution in [0.15, 0.2) is 40.8 Å². The van der Waals surface area contributed by atoms with Crippen LogP contribution in [0.3, 0.4) is 0 Å². The Kier molecular flexibility index (Phi) is 10.6. The van der Waals surface area contributed by atoms with Gasteiger partial charge in [-0.3, -0.25) is 0 Å². The fourth-order valence-electron chi connectivity index (χ4n) is 2.04. The molecule has 38 heavy (non-hydrogen) atoms. The third-order valence-corrected chi connectivity index (χ3v) is 4.87. The number of hydrogen-bond donors (Lipinski definition) is 0. The first kappa shape index (κ1) is 37.1. The van der Waals surface area contributed by atoms with Crippen LogP contribution in [0.2, 0.25) is 0 Å². The molecule has 0 amide bonds. The second kappa shape index (κ2) is 10.8. The van der Waals surface area contributed by atoms with E-state index in [2.05, 4.69) is 4.74 Å². The Balaban J connectivity index is 0.0000137. The van der Waals surface area contributed by atoms with Gasteiger partial charge in [0.15, 0.2) is 0 Å². The van der Waals surface area contributed by atoms with E-state index in [1.165, 1.54) is 0 Å². The van der Waals surface area contributed by atoms with Gasteiger partial charge in [-0.25, -0.2) is 12.8 Å². The molecule has 214 valence electrons. The van der Waals surface area contributed by atoms with Gasteiger partial charge in [0, 0.05) is 0 Å². The van der Waals surface area contributed by atoms with Crippen LogP contribution in [-0.2, 0) is 10.1 Å². The Morgan fingerprint density at radius 2 is 1.00 bits per heavy atom. The van der Waals surface area contributed by atoms with Crippen molar-refractivity contribution in [1.82, 2.24) is 0 Å². The number of benzene rings is 1. The van der Waals surface area contributed by atoms with Crippen LogP contribution >= 0.6 is 0 Å². The predicted molar refractivity (Wildman–Crippen MR) is 80.0 cm³/mol. The van der Waals surface area contributed by atoms with Gasteiger partial charge in [-0.05, 0) is 24.3 Å². The van der Waals surface area contributed by atoms with Crippen molar-refractivity contribution in [3.63, 3.8) is 0 Å². The first-order valence-corrected chi connectivity index (χ1v) is 9.55. The van der Waals surface area contributed by atoms with Crippen LogP contribution in [0.1, 0.15) is 0 Å². The van der Waals surface area contributed by atoms with E-state index in [0.29, 0.717) is 0 Å². The van der Waals surface area contributed by atoms with Gasteiger partial charge in [-0.15, -0.1) is 0 Å². The normalized spacial score (nSPS) is 15.5. The number of hydrogen-bond acceptors (Lipinski definition) is 4. The molecule has 0 saturated heterocycles. The van der Waals surface area contributed by atoms with E-state index >= 15 is 0 Å². The molecule has 0 spiro atoms. The molecule has 0 N–H and O–H groups in total. The van der Waals surface area contributed by atoms with Crippen LogP contribution < -0.4 is 56.1 Å². The van der Waals surface area contributed by atoms with Gasteiger partial charge in [0.25, 0.3) is 0 Å². The van der Waals surface area contributed by atoms with Gasteiger partial charge in [-0.2, -0.15) is 70.2 Å². The van der Waals surface area contributed by atoms with E-state index < -0.39 is 74.3 Å². The summed E-state index contributed by atoms with van der Waals surface area (Å²) < 4.78 is 258. The summed E-state index contributed by atoms with van der Waals surface area (Å²) in [5.74, 6) is -52.9. The zero-order valence-electron chi connectivity index (χ0n) is 17.3. The van der Waals surface area contributed by atoms with Gasteiger partial charge in [0.05, 0.1) is 4.90 Å². The summed E-state index contributed by atoms with van der Waals surface area (Å²) in [5.41, 5.74) is 0. The zero-order valence-corrected chi connectivity index (χ0v) is 21.2. The van der Waals surface area contributed by atoms with Crippen molar-refractivity contribution in [3.8, 4) is 5.75 Å². The summed E-state index contributed by atoms with van der Waals surface area (Å²) in [6, 6.07) is 0.338. The number of halogens is 17. The summed E-state index contributed by atoms with van der Waals surface area (Å²) in [6.45, 7) is 0. The predicted octanol–water partition coefficient (Wildman–Crippen LogP) is 3.46. The van der Waals surface area contributed by atoms with Crippen LogP contribution in [0.25, 0.3) is 0 Å². The number of alkyl halides is 15. The third-order valence-electron chi connectivity index (χ3n) is 4.02. The molecule has 4 nitrogen and oxygen atoms in total. The quantitative estimate of drug-likeness (QED) is 0.235. The van der Waals surface area contributed by atoms with Gasteiger partial charge in [0.2, 0.25) is 11.7 Å². The van der Waals surface area contributed by atoms with E-state index in [9.17, 15) is 87.6 Å². The van der Waals surface area contributed by atoms with Gasteiger partial charge >= 0.3 is 93.3 Å². The van der Waals surface area contributed by atoms with Crippen molar-refractivity contribution in [3.05, 3.63) is 35.9 Å². The van der Waals surface area contributed by atoms with Crippen molar-refractivity contribution >= 4 is 10.1 Å². The van der Waals surface area contributed by atoms with Crippen LogP contribution in [-0.4, -0.2) is 54.9 Å². The van der Waals surface area contributed by atoms with E-state index in [4.69, 9.17) is 0 Å². The molecule has 0 bridgehead atoms. The van der Waals surface area contributed by atoms with E-state index in [1.54, 1.807) is 0 Å². The fourth-order valence-corrected chi connectivity index (χ4v) is 2.51. The number of ether oxygens (including phenoxy) is 1. The minimum Gasteiger partial charge on any atom is -0.744 e. The minimum absolute atomic E-state index is 0. The van der Waals surface area contributed by atoms with Crippen molar-refractivity contribution < 1.29 is 144 Å². The Bertz CT molecular complexity index is 1140. The molecule has 23 heteroatoms. The van der Waals surface area contributed by atoms with Crippen LogP contribution in [0, 0.1) is 0 Å². The summed E-state index contributed by atoms with van der Waals surface area (Å²) in [7, 11) is -5.25. The Labute approximate surface area is 241 Å². The van der Waals surface area contributed by atoms with Crippen molar-refractivity contribution in [2.75, 3.05) is 0 Å². The van der Waals surface area contributed by atoms with E-state index in [1.807, 2.05) is 0 Å². The second-order valence-electron chi connectivity index (χ2n) is 6.54. The molecule has 0 fully saturated rings. The fraction of sp³-hybridized carbons (Fsp3) is 0.467. The molecule has 1 aromatic carbocycles. The zero-order chi connectivity index (χ0) is 29.8. The van der Waals surface area contributed by atoms with Crippen LogP contribution in [0.4, 0.5) is 74.6 Å². The molecular weight excluding hydrogens is 638 g/mol. The molecule has 0 atom stereocenters. The largest absolute Gasteiger partial charge is 1.00 e. The molecule has 0 aliphatic carbocycles. The molecule has 0 radical (unpaired) electrons. The topological polar surface area (TPSA) is 66.4 Å². The SMILES string of the molecule is O=S(=O)([O-])c1ccc(OC(F)(F)/C(F)=C(\F)C(F)(F)C(F)(F)C(F)(F)C(F)(F)C(F)(F)C(F)(F)F)cc1.[K+].